The third-order valence-electron chi connectivity index (χ3n) is 5.34. The van der Waals surface area contributed by atoms with E-state index >= 15 is 0 Å². The minimum atomic E-state index is 0.771. The Balaban J connectivity index is 1.55. The van der Waals surface area contributed by atoms with Crippen molar-refractivity contribution in [2.45, 2.75) is 33.1 Å². The van der Waals surface area contributed by atoms with Gasteiger partial charge in [-0.3, -0.25) is 9.89 Å². The van der Waals surface area contributed by atoms with Crippen molar-refractivity contribution in [3.05, 3.63) is 0 Å². The Morgan fingerprint density at radius 3 is 2.36 bits per heavy atom. The van der Waals surface area contributed by atoms with Crippen LogP contribution in [0.4, 0.5) is 0 Å². The number of rotatable bonds is 8. The SMILES string of the molecule is CN=C(NCCN1CCOCC1)NCC1CCN(CCC(C)C)CC1. The van der Waals surface area contributed by atoms with E-state index in [0.29, 0.717) is 0 Å². The predicted molar refractivity (Wildman–Crippen MR) is 105 cm³/mol. The third-order valence-corrected chi connectivity index (χ3v) is 5.34. The molecule has 0 spiro atoms. The van der Waals surface area contributed by atoms with Crippen LogP contribution >= 0.6 is 0 Å². The van der Waals surface area contributed by atoms with Gasteiger partial charge in [-0.2, -0.15) is 0 Å². The monoisotopic (exact) mass is 353 g/mol. The molecule has 0 unspecified atom stereocenters. The van der Waals surface area contributed by atoms with Crippen LogP contribution in [0.2, 0.25) is 0 Å². The Labute approximate surface area is 154 Å². The Bertz CT molecular complexity index is 374. The summed E-state index contributed by atoms with van der Waals surface area (Å²) in [4.78, 5) is 9.43. The van der Waals surface area contributed by atoms with Crippen LogP contribution in [0.5, 0.6) is 0 Å². The van der Waals surface area contributed by atoms with E-state index in [1.165, 1.54) is 38.9 Å². The Morgan fingerprint density at radius 1 is 1.04 bits per heavy atom. The van der Waals surface area contributed by atoms with Crippen molar-refractivity contribution in [3.63, 3.8) is 0 Å². The first-order valence-electron chi connectivity index (χ1n) is 10.1. The van der Waals surface area contributed by atoms with Gasteiger partial charge < -0.3 is 20.3 Å². The molecule has 0 radical (unpaired) electrons. The fourth-order valence-corrected chi connectivity index (χ4v) is 3.47. The Hall–Kier alpha value is -0.850. The standard InChI is InChI=1S/C19H39N5O/c1-17(2)4-8-23-9-5-18(6-10-23)16-22-19(20-3)21-7-11-24-12-14-25-15-13-24/h17-18H,4-16H2,1-3H3,(H2,20,21,22). The fraction of sp³-hybridized carbons (Fsp3) is 0.947. The molecule has 2 aliphatic heterocycles. The molecule has 2 heterocycles. The number of likely N-dealkylation sites (tertiary alicyclic amines) is 1. The number of piperidine rings is 1. The van der Waals surface area contributed by atoms with E-state index < -0.39 is 0 Å². The molecule has 0 aliphatic carbocycles. The molecule has 25 heavy (non-hydrogen) atoms. The summed E-state index contributed by atoms with van der Waals surface area (Å²) in [5, 5.41) is 6.96. The van der Waals surface area contributed by atoms with E-state index in [9.17, 15) is 0 Å². The quantitative estimate of drug-likeness (QED) is 0.508. The topological polar surface area (TPSA) is 52.1 Å². The van der Waals surface area contributed by atoms with Crippen LogP contribution in [0.15, 0.2) is 4.99 Å². The van der Waals surface area contributed by atoms with Crippen molar-refractivity contribution in [1.29, 1.82) is 0 Å². The average molecular weight is 354 g/mol. The molecule has 0 saturated carbocycles. The molecule has 0 aromatic rings. The molecule has 0 amide bonds. The number of guanidine groups is 1. The van der Waals surface area contributed by atoms with E-state index in [2.05, 4.69) is 39.3 Å². The highest BCUT2D eigenvalue weighted by Gasteiger charge is 2.19. The number of hydrogen-bond donors (Lipinski definition) is 2. The van der Waals surface area contributed by atoms with Crippen LogP contribution in [-0.4, -0.2) is 88.4 Å². The summed E-state index contributed by atoms with van der Waals surface area (Å²) >= 11 is 0. The lowest BCUT2D eigenvalue weighted by atomic mass is 9.96. The number of nitrogens with one attached hydrogen (secondary N) is 2. The number of ether oxygens (including phenoxy) is 1. The summed E-state index contributed by atoms with van der Waals surface area (Å²) in [6, 6.07) is 0. The second-order valence-electron chi connectivity index (χ2n) is 7.80. The maximum atomic E-state index is 5.39. The van der Waals surface area contributed by atoms with E-state index in [0.717, 1.165) is 63.7 Å². The molecule has 2 rings (SSSR count). The van der Waals surface area contributed by atoms with Gasteiger partial charge in [0.1, 0.15) is 0 Å². The summed E-state index contributed by atoms with van der Waals surface area (Å²) in [6.45, 7) is 15.2. The van der Waals surface area contributed by atoms with Gasteiger partial charge in [0.05, 0.1) is 13.2 Å². The van der Waals surface area contributed by atoms with Crippen molar-refractivity contribution >= 4 is 5.96 Å². The van der Waals surface area contributed by atoms with Crippen molar-refractivity contribution in [2.75, 3.05) is 72.6 Å². The maximum Gasteiger partial charge on any atom is 0.191 e. The number of nitrogens with zero attached hydrogens (tertiary/aromatic N) is 3. The lowest BCUT2D eigenvalue weighted by molar-refractivity contribution is 0.0389. The van der Waals surface area contributed by atoms with E-state index in [1.807, 2.05) is 7.05 Å². The van der Waals surface area contributed by atoms with Crippen LogP contribution < -0.4 is 10.6 Å². The van der Waals surface area contributed by atoms with Gasteiger partial charge in [0, 0.05) is 39.8 Å². The van der Waals surface area contributed by atoms with Gasteiger partial charge in [0.2, 0.25) is 0 Å². The van der Waals surface area contributed by atoms with Crippen molar-refractivity contribution < 1.29 is 4.74 Å². The maximum absolute atomic E-state index is 5.39. The molecule has 2 fully saturated rings. The summed E-state index contributed by atoms with van der Waals surface area (Å²) in [7, 11) is 1.86. The van der Waals surface area contributed by atoms with Crippen molar-refractivity contribution in [3.8, 4) is 0 Å². The van der Waals surface area contributed by atoms with Gasteiger partial charge in [-0.15, -0.1) is 0 Å². The number of aliphatic imine (C=N–C) groups is 1. The Morgan fingerprint density at radius 2 is 1.72 bits per heavy atom. The van der Waals surface area contributed by atoms with Crippen LogP contribution in [0.1, 0.15) is 33.1 Å². The normalized spacial score (nSPS) is 21.7. The van der Waals surface area contributed by atoms with Crippen LogP contribution in [0, 0.1) is 11.8 Å². The van der Waals surface area contributed by atoms with Gasteiger partial charge in [0.15, 0.2) is 5.96 Å². The molecular weight excluding hydrogens is 314 g/mol. The molecule has 6 nitrogen and oxygen atoms in total. The van der Waals surface area contributed by atoms with Gasteiger partial charge in [-0.25, -0.2) is 0 Å². The highest BCUT2D eigenvalue weighted by Crippen LogP contribution is 2.17. The largest absolute Gasteiger partial charge is 0.379 e. The predicted octanol–water partition coefficient (Wildman–Crippen LogP) is 1.24. The minimum absolute atomic E-state index is 0.771. The molecule has 0 aromatic heterocycles. The van der Waals surface area contributed by atoms with Crippen LogP contribution in [-0.2, 0) is 4.74 Å². The smallest absolute Gasteiger partial charge is 0.191 e. The van der Waals surface area contributed by atoms with Gasteiger partial charge in [-0.1, -0.05) is 13.8 Å². The van der Waals surface area contributed by atoms with Crippen molar-refractivity contribution in [2.24, 2.45) is 16.8 Å². The summed E-state index contributed by atoms with van der Waals surface area (Å²) < 4.78 is 5.39. The first kappa shape index (κ1) is 20.5. The van der Waals surface area contributed by atoms with Crippen LogP contribution in [0.3, 0.4) is 0 Å². The highest BCUT2D eigenvalue weighted by atomic mass is 16.5. The second kappa shape index (κ2) is 11.7. The molecular formula is C19H39N5O. The molecule has 0 bridgehead atoms. The molecule has 0 atom stereocenters. The van der Waals surface area contributed by atoms with Crippen molar-refractivity contribution in [1.82, 2.24) is 20.4 Å². The van der Waals surface area contributed by atoms with Gasteiger partial charge in [0.25, 0.3) is 0 Å². The van der Waals surface area contributed by atoms with E-state index in [4.69, 9.17) is 4.74 Å². The average Bonchev–Trinajstić information content (AvgIpc) is 2.64. The summed E-state index contributed by atoms with van der Waals surface area (Å²) in [5.41, 5.74) is 0. The highest BCUT2D eigenvalue weighted by molar-refractivity contribution is 5.79. The molecule has 2 saturated heterocycles. The minimum Gasteiger partial charge on any atom is -0.379 e. The lowest BCUT2D eigenvalue weighted by Crippen LogP contribution is -2.46. The molecule has 6 heteroatoms. The van der Waals surface area contributed by atoms with Crippen LogP contribution in [0.25, 0.3) is 0 Å². The first-order chi connectivity index (χ1) is 12.2. The molecule has 2 N–H and O–H groups in total. The molecule has 2 aliphatic rings. The zero-order chi connectivity index (χ0) is 17.9. The number of hydrogen-bond acceptors (Lipinski definition) is 4. The lowest BCUT2D eigenvalue weighted by Gasteiger charge is -2.32. The zero-order valence-electron chi connectivity index (χ0n) is 16.6. The second-order valence-corrected chi connectivity index (χ2v) is 7.80. The van der Waals surface area contributed by atoms with E-state index in [1.54, 1.807) is 0 Å². The Kier molecular flexibility index (Phi) is 9.58. The summed E-state index contributed by atoms with van der Waals surface area (Å²) in [5.74, 6) is 2.52. The fourth-order valence-electron chi connectivity index (χ4n) is 3.47. The molecule has 0 aromatic carbocycles. The van der Waals surface area contributed by atoms with E-state index in [-0.39, 0.29) is 0 Å². The zero-order valence-corrected chi connectivity index (χ0v) is 16.6. The third kappa shape index (κ3) is 8.38. The molecule has 146 valence electrons. The first-order valence-corrected chi connectivity index (χ1v) is 10.1. The number of morpholine rings is 1. The summed E-state index contributed by atoms with van der Waals surface area (Å²) in [6.07, 6.45) is 3.92. The van der Waals surface area contributed by atoms with Gasteiger partial charge >= 0.3 is 0 Å². The van der Waals surface area contributed by atoms with Gasteiger partial charge in [-0.05, 0) is 50.7 Å².